The van der Waals surface area contributed by atoms with E-state index < -0.39 is 0 Å². The Labute approximate surface area is 154 Å². The van der Waals surface area contributed by atoms with E-state index in [-0.39, 0.29) is 6.09 Å². The first-order valence-corrected chi connectivity index (χ1v) is 9.04. The Morgan fingerprint density at radius 2 is 1.85 bits per heavy atom. The Balaban J connectivity index is 1.61. The minimum Gasteiger partial charge on any atom is -0.450 e. The maximum absolute atomic E-state index is 11.8. The second-order valence-corrected chi connectivity index (χ2v) is 6.11. The van der Waals surface area contributed by atoms with Gasteiger partial charge in [0.25, 0.3) is 0 Å². The molecule has 7 nitrogen and oxygen atoms in total. The fraction of sp³-hybridized carbons (Fsp3) is 0.421. The van der Waals surface area contributed by atoms with Crippen molar-refractivity contribution in [3.05, 3.63) is 42.2 Å². The Morgan fingerprint density at radius 3 is 2.50 bits per heavy atom. The predicted octanol–water partition coefficient (Wildman–Crippen LogP) is 3.06. The van der Waals surface area contributed by atoms with Gasteiger partial charge < -0.3 is 19.9 Å². The van der Waals surface area contributed by atoms with Crippen LogP contribution < -0.4 is 10.2 Å². The van der Waals surface area contributed by atoms with E-state index in [0.717, 1.165) is 36.8 Å². The SMILES string of the molecule is CCOC(=O)N1CCN(c2cc(Nc3ccc(CC)cc3)ncn2)CC1. The average molecular weight is 355 g/mol. The summed E-state index contributed by atoms with van der Waals surface area (Å²) in [5.74, 6) is 1.61. The molecule has 7 heteroatoms. The molecule has 1 saturated heterocycles. The first-order chi connectivity index (χ1) is 12.7. The van der Waals surface area contributed by atoms with Crippen molar-refractivity contribution in [3.8, 4) is 0 Å². The molecule has 1 aliphatic heterocycles. The Bertz CT molecular complexity index is 727. The van der Waals surface area contributed by atoms with E-state index in [4.69, 9.17) is 4.74 Å². The minimum atomic E-state index is -0.243. The summed E-state index contributed by atoms with van der Waals surface area (Å²) >= 11 is 0. The van der Waals surface area contributed by atoms with Gasteiger partial charge in [0.1, 0.15) is 18.0 Å². The highest BCUT2D eigenvalue weighted by atomic mass is 16.6. The third-order valence-electron chi connectivity index (χ3n) is 4.42. The number of benzene rings is 1. The van der Waals surface area contributed by atoms with E-state index in [1.165, 1.54) is 5.56 Å². The van der Waals surface area contributed by atoms with Crippen molar-refractivity contribution in [1.29, 1.82) is 0 Å². The topological polar surface area (TPSA) is 70.6 Å². The lowest BCUT2D eigenvalue weighted by molar-refractivity contribution is 0.105. The van der Waals surface area contributed by atoms with Crippen molar-refractivity contribution in [2.75, 3.05) is 43.0 Å². The third kappa shape index (κ3) is 4.41. The van der Waals surface area contributed by atoms with Crippen molar-refractivity contribution in [2.45, 2.75) is 20.3 Å². The third-order valence-corrected chi connectivity index (χ3v) is 4.42. The summed E-state index contributed by atoms with van der Waals surface area (Å²) in [7, 11) is 0. The van der Waals surface area contributed by atoms with Gasteiger partial charge in [0.05, 0.1) is 6.61 Å². The van der Waals surface area contributed by atoms with Gasteiger partial charge in [-0.1, -0.05) is 19.1 Å². The maximum atomic E-state index is 11.8. The van der Waals surface area contributed by atoms with Crippen molar-refractivity contribution >= 4 is 23.4 Å². The van der Waals surface area contributed by atoms with Gasteiger partial charge >= 0.3 is 6.09 Å². The molecule has 0 unspecified atom stereocenters. The molecule has 3 rings (SSSR count). The number of hydrogen-bond acceptors (Lipinski definition) is 6. The Hall–Kier alpha value is -2.83. The van der Waals surface area contributed by atoms with Crippen LogP contribution in [0.25, 0.3) is 0 Å². The van der Waals surface area contributed by atoms with Gasteiger partial charge in [-0.05, 0) is 31.0 Å². The lowest BCUT2D eigenvalue weighted by Gasteiger charge is -2.34. The normalized spacial score (nSPS) is 14.2. The number of nitrogens with one attached hydrogen (secondary N) is 1. The lowest BCUT2D eigenvalue weighted by atomic mass is 10.1. The van der Waals surface area contributed by atoms with Crippen LogP contribution in [0.1, 0.15) is 19.4 Å². The molecular weight excluding hydrogens is 330 g/mol. The smallest absolute Gasteiger partial charge is 0.409 e. The van der Waals surface area contributed by atoms with Crippen molar-refractivity contribution in [1.82, 2.24) is 14.9 Å². The molecule has 1 aromatic carbocycles. The number of hydrogen-bond donors (Lipinski definition) is 1. The van der Waals surface area contributed by atoms with E-state index >= 15 is 0 Å². The number of aromatic nitrogens is 2. The molecule has 1 fully saturated rings. The molecule has 0 aliphatic carbocycles. The van der Waals surface area contributed by atoms with Gasteiger partial charge in [-0.15, -0.1) is 0 Å². The summed E-state index contributed by atoms with van der Waals surface area (Å²) in [5.41, 5.74) is 2.30. The van der Waals surface area contributed by atoms with E-state index in [9.17, 15) is 4.79 Å². The van der Waals surface area contributed by atoms with Crippen LogP contribution in [0.2, 0.25) is 0 Å². The highest BCUT2D eigenvalue weighted by Crippen LogP contribution is 2.20. The number of amides is 1. The zero-order valence-corrected chi connectivity index (χ0v) is 15.3. The molecule has 26 heavy (non-hydrogen) atoms. The molecule has 0 atom stereocenters. The number of anilines is 3. The molecule has 2 aromatic rings. The van der Waals surface area contributed by atoms with Gasteiger partial charge in [-0.2, -0.15) is 0 Å². The number of ether oxygens (including phenoxy) is 1. The molecular formula is C19H25N5O2. The Kier molecular flexibility index (Phi) is 5.88. The zero-order chi connectivity index (χ0) is 18.4. The van der Waals surface area contributed by atoms with E-state index in [2.05, 4.69) is 51.4 Å². The van der Waals surface area contributed by atoms with Crippen LogP contribution in [0.3, 0.4) is 0 Å². The van der Waals surface area contributed by atoms with Crippen LogP contribution >= 0.6 is 0 Å². The first-order valence-electron chi connectivity index (χ1n) is 9.04. The van der Waals surface area contributed by atoms with Crippen LogP contribution in [0.5, 0.6) is 0 Å². The summed E-state index contributed by atoms with van der Waals surface area (Å²) in [4.78, 5) is 24.4. The van der Waals surface area contributed by atoms with E-state index in [1.807, 2.05) is 13.0 Å². The second-order valence-electron chi connectivity index (χ2n) is 6.11. The molecule has 0 bridgehead atoms. The van der Waals surface area contributed by atoms with Gasteiger partial charge in [0.15, 0.2) is 0 Å². The predicted molar refractivity (Wildman–Crippen MR) is 102 cm³/mol. The number of rotatable bonds is 5. The van der Waals surface area contributed by atoms with Gasteiger partial charge in [0, 0.05) is 37.9 Å². The molecule has 0 radical (unpaired) electrons. The fourth-order valence-corrected chi connectivity index (χ4v) is 2.89. The molecule has 1 aromatic heterocycles. The highest BCUT2D eigenvalue weighted by Gasteiger charge is 2.22. The van der Waals surface area contributed by atoms with Crippen molar-refractivity contribution < 1.29 is 9.53 Å². The number of carbonyl (C=O) groups is 1. The van der Waals surface area contributed by atoms with Gasteiger partial charge in [-0.25, -0.2) is 14.8 Å². The molecule has 2 heterocycles. The van der Waals surface area contributed by atoms with Crippen molar-refractivity contribution in [3.63, 3.8) is 0 Å². The average Bonchev–Trinajstić information content (AvgIpc) is 2.69. The van der Waals surface area contributed by atoms with E-state index in [1.54, 1.807) is 11.2 Å². The van der Waals surface area contributed by atoms with E-state index in [0.29, 0.717) is 19.7 Å². The molecule has 1 amide bonds. The standard InChI is InChI=1S/C19H25N5O2/c1-3-15-5-7-16(8-6-15)22-17-13-18(21-14-20-17)23-9-11-24(12-10-23)19(25)26-4-2/h5-8,13-14H,3-4,9-12H2,1-2H3,(H,20,21,22). The largest absolute Gasteiger partial charge is 0.450 e. The fourth-order valence-electron chi connectivity index (χ4n) is 2.89. The zero-order valence-electron chi connectivity index (χ0n) is 15.3. The number of piperazine rings is 1. The summed E-state index contributed by atoms with van der Waals surface area (Å²) in [6, 6.07) is 10.3. The van der Waals surface area contributed by atoms with Crippen LogP contribution in [0.15, 0.2) is 36.7 Å². The molecule has 1 N–H and O–H groups in total. The lowest BCUT2D eigenvalue weighted by Crippen LogP contribution is -2.49. The maximum Gasteiger partial charge on any atom is 0.409 e. The summed E-state index contributed by atoms with van der Waals surface area (Å²) in [5, 5.41) is 3.32. The minimum absolute atomic E-state index is 0.243. The van der Waals surface area contributed by atoms with Crippen LogP contribution in [-0.2, 0) is 11.2 Å². The molecule has 1 aliphatic rings. The monoisotopic (exact) mass is 355 g/mol. The number of carbonyl (C=O) groups excluding carboxylic acids is 1. The van der Waals surface area contributed by atoms with Crippen molar-refractivity contribution in [2.24, 2.45) is 0 Å². The summed E-state index contributed by atoms with van der Waals surface area (Å²) in [6.45, 7) is 7.06. The molecule has 0 saturated carbocycles. The quantitative estimate of drug-likeness (QED) is 0.889. The van der Waals surface area contributed by atoms with Crippen LogP contribution in [-0.4, -0.2) is 53.7 Å². The highest BCUT2D eigenvalue weighted by molar-refractivity contribution is 5.68. The van der Waals surface area contributed by atoms with Gasteiger partial charge in [-0.3, -0.25) is 0 Å². The Morgan fingerprint density at radius 1 is 1.12 bits per heavy atom. The molecule has 0 spiro atoms. The number of aryl methyl sites for hydroxylation is 1. The van der Waals surface area contributed by atoms with Crippen LogP contribution in [0, 0.1) is 0 Å². The number of nitrogens with zero attached hydrogens (tertiary/aromatic N) is 4. The van der Waals surface area contributed by atoms with Crippen LogP contribution in [0.4, 0.5) is 22.1 Å². The second kappa shape index (κ2) is 8.51. The van der Waals surface area contributed by atoms with Gasteiger partial charge in [0.2, 0.25) is 0 Å². The molecule has 138 valence electrons. The summed E-state index contributed by atoms with van der Waals surface area (Å²) < 4.78 is 5.06. The first kappa shape index (κ1) is 18.0. The summed E-state index contributed by atoms with van der Waals surface area (Å²) in [6.07, 6.45) is 2.35.